The maximum atomic E-state index is 10.8. The monoisotopic (exact) mass is 394 g/mol. The van der Waals surface area contributed by atoms with Gasteiger partial charge in [0.05, 0.1) is 12.7 Å². The van der Waals surface area contributed by atoms with Crippen LogP contribution in [0, 0.1) is 6.92 Å². The molecule has 0 aliphatic rings. The zero-order chi connectivity index (χ0) is 19.9. The lowest BCUT2D eigenvalue weighted by Gasteiger charge is -2.24. The average molecular weight is 395 g/mol. The van der Waals surface area contributed by atoms with Gasteiger partial charge in [-0.25, -0.2) is 4.99 Å². The molecular formula is C17H30N8OS. The predicted molar refractivity (Wildman–Crippen MR) is 109 cm³/mol. The summed E-state index contributed by atoms with van der Waals surface area (Å²) in [5.41, 5.74) is -0.305. The number of rotatable bonds is 9. The van der Waals surface area contributed by atoms with Crippen molar-refractivity contribution >= 4 is 17.7 Å². The summed E-state index contributed by atoms with van der Waals surface area (Å²) in [6.45, 7) is 5.19. The predicted octanol–water partition coefficient (Wildman–Crippen LogP) is 0.553. The molecule has 0 saturated heterocycles. The van der Waals surface area contributed by atoms with Gasteiger partial charge in [-0.2, -0.15) is 16.9 Å². The molecule has 150 valence electrons. The molecule has 3 N–H and O–H groups in total. The van der Waals surface area contributed by atoms with E-state index in [-0.39, 0.29) is 0 Å². The molecule has 27 heavy (non-hydrogen) atoms. The molecule has 2 aromatic heterocycles. The topological polar surface area (TPSA) is 105 Å². The maximum absolute atomic E-state index is 10.8. The summed E-state index contributed by atoms with van der Waals surface area (Å²) in [4.78, 5) is 4.60. The fourth-order valence-electron chi connectivity index (χ4n) is 2.39. The molecule has 0 aromatic carbocycles. The van der Waals surface area contributed by atoms with Crippen LogP contribution in [0.4, 0.5) is 0 Å². The number of thioether (sulfide) groups is 1. The standard InChI is InChI=1S/C17H30N8OS/c1-13-22-23-15(25(13)4)10-19-16(18-7-6-8-27-5)20-12-17(2,26)14-9-21-24(3)11-14/h9,11,26H,6-8,10,12H2,1-5H3,(H2,18,19,20). The number of guanidine groups is 1. The van der Waals surface area contributed by atoms with Crippen LogP contribution < -0.4 is 10.6 Å². The van der Waals surface area contributed by atoms with Crippen molar-refractivity contribution in [2.24, 2.45) is 19.1 Å². The Bertz CT molecular complexity index is 752. The fraction of sp³-hybridized carbons (Fsp3) is 0.647. The average Bonchev–Trinajstić information content (AvgIpc) is 3.21. The first-order valence-corrected chi connectivity index (χ1v) is 10.3. The lowest BCUT2D eigenvalue weighted by Crippen LogP contribution is -2.44. The number of aliphatic imine (C=N–C) groups is 1. The van der Waals surface area contributed by atoms with Gasteiger partial charge in [0.2, 0.25) is 0 Å². The zero-order valence-corrected chi connectivity index (χ0v) is 17.5. The maximum Gasteiger partial charge on any atom is 0.191 e. The van der Waals surface area contributed by atoms with Crippen LogP contribution >= 0.6 is 11.8 Å². The highest BCUT2D eigenvalue weighted by molar-refractivity contribution is 7.98. The van der Waals surface area contributed by atoms with Crippen molar-refractivity contribution in [3.05, 3.63) is 29.6 Å². The Morgan fingerprint density at radius 2 is 2.11 bits per heavy atom. The smallest absolute Gasteiger partial charge is 0.191 e. The van der Waals surface area contributed by atoms with Crippen LogP contribution in [-0.2, 0) is 26.2 Å². The van der Waals surface area contributed by atoms with Crippen molar-refractivity contribution in [2.45, 2.75) is 32.4 Å². The third-order valence-electron chi connectivity index (χ3n) is 4.31. The fourth-order valence-corrected chi connectivity index (χ4v) is 2.83. The Hall–Kier alpha value is -2.07. The SMILES string of the molecule is CSCCCNC(=NCc1nnc(C)n1C)NCC(C)(O)c1cnn(C)c1. The van der Waals surface area contributed by atoms with E-state index in [2.05, 4.69) is 37.2 Å². The number of hydrogen-bond acceptors (Lipinski definition) is 6. The van der Waals surface area contributed by atoms with E-state index in [4.69, 9.17) is 0 Å². The molecule has 0 radical (unpaired) electrons. The number of hydrogen-bond donors (Lipinski definition) is 3. The van der Waals surface area contributed by atoms with Gasteiger partial charge in [0.25, 0.3) is 0 Å². The van der Waals surface area contributed by atoms with Crippen molar-refractivity contribution in [3.63, 3.8) is 0 Å². The van der Waals surface area contributed by atoms with Gasteiger partial charge in [-0.15, -0.1) is 10.2 Å². The van der Waals surface area contributed by atoms with Crippen LogP contribution in [-0.4, -0.2) is 60.7 Å². The first-order valence-electron chi connectivity index (χ1n) is 8.91. The molecular weight excluding hydrogens is 364 g/mol. The van der Waals surface area contributed by atoms with Gasteiger partial charge in [0, 0.05) is 32.4 Å². The minimum Gasteiger partial charge on any atom is -0.383 e. The summed E-state index contributed by atoms with van der Waals surface area (Å²) in [5, 5.41) is 29.6. The third-order valence-corrected chi connectivity index (χ3v) is 5.00. The summed E-state index contributed by atoms with van der Waals surface area (Å²) in [7, 11) is 3.75. The van der Waals surface area contributed by atoms with Crippen molar-refractivity contribution < 1.29 is 5.11 Å². The summed E-state index contributed by atoms with van der Waals surface area (Å²) in [5.74, 6) is 3.36. The van der Waals surface area contributed by atoms with E-state index in [1.807, 2.05) is 43.5 Å². The Kier molecular flexibility index (Phi) is 7.66. The Morgan fingerprint density at radius 3 is 2.70 bits per heavy atom. The summed E-state index contributed by atoms with van der Waals surface area (Å²) >= 11 is 1.81. The molecule has 0 saturated carbocycles. The quantitative estimate of drug-likeness (QED) is 0.324. The van der Waals surface area contributed by atoms with Crippen molar-refractivity contribution in [2.75, 3.05) is 25.1 Å². The molecule has 2 aromatic rings. The van der Waals surface area contributed by atoms with E-state index in [1.54, 1.807) is 17.8 Å². The van der Waals surface area contributed by atoms with E-state index in [0.717, 1.165) is 35.9 Å². The van der Waals surface area contributed by atoms with Crippen molar-refractivity contribution in [3.8, 4) is 0 Å². The molecule has 0 spiro atoms. The van der Waals surface area contributed by atoms with E-state index in [9.17, 15) is 5.11 Å². The second-order valence-corrected chi connectivity index (χ2v) is 7.68. The number of aromatic nitrogens is 5. The second-order valence-electron chi connectivity index (χ2n) is 6.69. The number of nitrogens with one attached hydrogen (secondary N) is 2. The van der Waals surface area contributed by atoms with E-state index >= 15 is 0 Å². The minimum absolute atomic E-state index is 0.310. The zero-order valence-electron chi connectivity index (χ0n) is 16.7. The second kappa shape index (κ2) is 9.75. The van der Waals surface area contributed by atoms with Crippen LogP contribution in [0.15, 0.2) is 17.4 Å². The molecule has 2 heterocycles. The van der Waals surface area contributed by atoms with Gasteiger partial charge in [0.15, 0.2) is 11.8 Å². The molecule has 2 rings (SSSR count). The molecule has 0 aliphatic heterocycles. The van der Waals surface area contributed by atoms with Gasteiger partial charge in [-0.1, -0.05) is 0 Å². The highest BCUT2D eigenvalue weighted by atomic mass is 32.2. The lowest BCUT2D eigenvalue weighted by atomic mass is 10.00. The lowest BCUT2D eigenvalue weighted by molar-refractivity contribution is 0.0616. The van der Waals surface area contributed by atoms with Crippen LogP contribution in [0.2, 0.25) is 0 Å². The number of aliphatic hydroxyl groups is 1. The van der Waals surface area contributed by atoms with E-state index in [1.165, 1.54) is 0 Å². The van der Waals surface area contributed by atoms with Crippen LogP contribution in [0.3, 0.4) is 0 Å². The van der Waals surface area contributed by atoms with Gasteiger partial charge in [-0.3, -0.25) is 4.68 Å². The van der Waals surface area contributed by atoms with Gasteiger partial charge in [-0.05, 0) is 32.3 Å². The molecule has 0 bridgehead atoms. The molecule has 1 atom stereocenters. The van der Waals surface area contributed by atoms with E-state index < -0.39 is 5.60 Å². The van der Waals surface area contributed by atoms with Gasteiger partial charge < -0.3 is 20.3 Å². The first kappa shape index (κ1) is 21.2. The highest BCUT2D eigenvalue weighted by Gasteiger charge is 2.25. The molecule has 10 heteroatoms. The molecule has 1 unspecified atom stereocenters. The molecule has 0 amide bonds. The minimum atomic E-state index is -1.06. The van der Waals surface area contributed by atoms with Crippen molar-refractivity contribution in [1.82, 2.24) is 35.2 Å². The Balaban J connectivity index is 2.02. The largest absolute Gasteiger partial charge is 0.383 e. The van der Waals surface area contributed by atoms with E-state index in [0.29, 0.717) is 19.0 Å². The summed E-state index contributed by atoms with van der Waals surface area (Å²) in [6.07, 6.45) is 6.61. The van der Waals surface area contributed by atoms with Crippen LogP contribution in [0.5, 0.6) is 0 Å². The molecule has 9 nitrogen and oxygen atoms in total. The van der Waals surface area contributed by atoms with Gasteiger partial charge in [0.1, 0.15) is 18.0 Å². The van der Waals surface area contributed by atoms with Crippen molar-refractivity contribution in [1.29, 1.82) is 0 Å². The molecule has 0 fully saturated rings. The molecule has 0 aliphatic carbocycles. The van der Waals surface area contributed by atoms with Crippen LogP contribution in [0.1, 0.15) is 30.6 Å². The summed E-state index contributed by atoms with van der Waals surface area (Å²) < 4.78 is 3.59. The normalized spacial score (nSPS) is 14.2. The summed E-state index contributed by atoms with van der Waals surface area (Å²) in [6, 6.07) is 0. The van der Waals surface area contributed by atoms with Crippen LogP contribution in [0.25, 0.3) is 0 Å². The Morgan fingerprint density at radius 1 is 1.33 bits per heavy atom. The first-order chi connectivity index (χ1) is 12.8. The third kappa shape index (κ3) is 6.24. The number of nitrogens with zero attached hydrogens (tertiary/aromatic N) is 6. The highest BCUT2D eigenvalue weighted by Crippen LogP contribution is 2.18. The number of aryl methyl sites for hydroxylation is 2. The van der Waals surface area contributed by atoms with Gasteiger partial charge >= 0.3 is 0 Å². The Labute approximate surface area is 164 Å².